The second-order valence-corrected chi connectivity index (χ2v) is 6.83. The van der Waals surface area contributed by atoms with E-state index in [1.54, 1.807) is 24.4 Å². The third kappa shape index (κ3) is 4.04. The molecule has 4 rings (SSSR count). The first-order valence-electron chi connectivity index (χ1n) is 9.62. The maximum Gasteiger partial charge on any atom is 0.163 e. The Balaban J connectivity index is 1.57. The molecule has 146 valence electrons. The zero-order valence-corrected chi connectivity index (χ0v) is 16.1. The standard InChI is InChI=1S/C24H21FN2O2/c1-2-29-23-14-18(9-11-21(23)17-6-4-8-20(25)13-17)22(28)12-10-16-5-3-7-19-15-26-27-24(16)19/h3-9,11,13-15H,2,10,12H2,1H3,(H,26,27). The molecule has 1 N–H and O–H groups in total. The number of aromatic amines is 1. The molecule has 1 aromatic heterocycles. The Hall–Kier alpha value is -3.47. The van der Waals surface area contributed by atoms with Gasteiger partial charge in [0, 0.05) is 22.9 Å². The second kappa shape index (κ2) is 8.27. The number of carbonyl (C=O) groups is 1. The molecule has 0 atom stereocenters. The van der Waals surface area contributed by atoms with Crippen molar-refractivity contribution in [3.8, 4) is 16.9 Å². The summed E-state index contributed by atoms with van der Waals surface area (Å²) < 4.78 is 19.4. The van der Waals surface area contributed by atoms with Crippen molar-refractivity contribution >= 4 is 16.7 Å². The van der Waals surface area contributed by atoms with Crippen LogP contribution in [-0.2, 0) is 6.42 Å². The van der Waals surface area contributed by atoms with Crippen LogP contribution in [-0.4, -0.2) is 22.6 Å². The molecular formula is C24H21FN2O2. The van der Waals surface area contributed by atoms with Gasteiger partial charge in [-0.3, -0.25) is 9.89 Å². The average Bonchev–Trinajstić information content (AvgIpc) is 3.21. The number of halogens is 1. The lowest BCUT2D eigenvalue weighted by molar-refractivity contribution is 0.0982. The van der Waals surface area contributed by atoms with E-state index in [0.29, 0.717) is 30.8 Å². The van der Waals surface area contributed by atoms with Gasteiger partial charge in [0.2, 0.25) is 0 Å². The number of ether oxygens (including phenoxy) is 1. The van der Waals surface area contributed by atoms with Crippen LogP contribution in [0.4, 0.5) is 4.39 Å². The van der Waals surface area contributed by atoms with Gasteiger partial charge in [-0.15, -0.1) is 0 Å². The first kappa shape index (κ1) is 18.9. The third-order valence-corrected chi connectivity index (χ3v) is 4.92. The van der Waals surface area contributed by atoms with E-state index in [4.69, 9.17) is 4.74 Å². The molecule has 5 heteroatoms. The van der Waals surface area contributed by atoms with Crippen LogP contribution in [0.3, 0.4) is 0 Å². The molecule has 0 bridgehead atoms. The number of hydrogen-bond acceptors (Lipinski definition) is 3. The van der Waals surface area contributed by atoms with Crippen molar-refractivity contribution in [1.29, 1.82) is 0 Å². The Morgan fingerprint density at radius 1 is 1.10 bits per heavy atom. The number of aromatic nitrogens is 2. The van der Waals surface area contributed by atoms with Crippen LogP contribution in [0.25, 0.3) is 22.0 Å². The lowest BCUT2D eigenvalue weighted by atomic mass is 9.98. The lowest BCUT2D eigenvalue weighted by Gasteiger charge is -2.12. The highest BCUT2D eigenvalue weighted by Gasteiger charge is 2.13. The Bertz CT molecular complexity index is 1170. The molecule has 4 nitrogen and oxygen atoms in total. The molecule has 0 aliphatic heterocycles. The fraction of sp³-hybridized carbons (Fsp3) is 0.167. The molecular weight excluding hydrogens is 367 g/mol. The maximum absolute atomic E-state index is 13.6. The van der Waals surface area contributed by atoms with Crippen molar-refractivity contribution in [2.45, 2.75) is 19.8 Å². The smallest absolute Gasteiger partial charge is 0.163 e. The van der Waals surface area contributed by atoms with Crippen molar-refractivity contribution in [3.05, 3.63) is 83.8 Å². The number of hydrogen-bond donors (Lipinski definition) is 1. The molecule has 0 saturated carbocycles. The van der Waals surface area contributed by atoms with Gasteiger partial charge >= 0.3 is 0 Å². The van der Waals surface area contributed by atoms with Crippen LogP contribution in [0, 0.1) is 5.82 Å². The first-order valence-corrected chi connectivity index (χ1v) is 9.62. The quantitative estimate of drug-likeness (QED) is 0.420. The summed E-state index contributed by atoms with van der Waals surface area (Å²) in [5.74, 6) is 0.311. The minimum atomic E-state index is -0.307. The number of ketones is 1. The van der Waals surface area contributed by atoms with Crippen molar-refractivity contribution in [2.24, 2.45) is 0 Å². The molecule has 0 amide bonds. The number of aryl methyl sites for hydroxylation is 1. The molecule has 29 heavy (non-hydrogen) atoms. The van der Waals surface area contributed by atoms with Crippen LogP contribution in [0.5, 0.6) is 5.75 Å². The van der Waals surface area contributed by atoms with Crippen LogP contribution >= 0.6 is 0 Å². The van der Waals surface area contributed by atoms with E-state index in [0.717, 1.165) is 27.6 Å². The van der Waals surface area contributed by atoms with Gasteiger partial charge in [-0.2, -0.15) is 5.10 Å². The number of para-hydroxylation sites is 1. The van der Waals surface area contributed by atoms with E-state index in [2.05, 4.69) is 10.2 Å². The zero-order valence-electron chi connectivity index (χ0n) is 16.1. The van der Waals surface area contributed by atoms with Crippen molar-refractivity contribution < 1.29 is 13.9 Å². The third-order valence-electron chi connectivity index (χ3n) is 4.92. The molecule has 0 unspecified atom stereocenters. The van der Waals surface area contributed by atoms with Crippen LogP contribution in [0.15, 0.2) is 66.9 Å². The number of benzene rings is 3. The SMILES string of the molecule is CCOc1cc(C(=O)CCc2cccc3cn[nH]c23)ccc1-c1cccc(F)c1. The van der Waals surface area contributed by atoms with Gasteiger partial charge in [0.25, 0.3) is 0 Å². The van der Waals surface area contributed by atoms with Gasteiger partial charge in [0.15, 0.2) is 5.78 Å². The summed E-state index contributed by atoms with van der Waals surface area (Å²) >= 11 is 0. The lowest BCUT2D eigenvalue weighted by Crippen LogP contribution is -2.03. The van der Waals surface area contributed by atoms with E-state index >= 15 is 0 Å². The van der Waals surface area contributed by atoms with Gasteiger partial charge < -0.3 is 4.74 Å². The molecule has 0 fully saturated rings. The Kier molecular flexibility index (Phi) is 5.38. The normalized spacial score (nSPS) is 11.0. The van der Waals surface area contributed by atoms with E-state index in [1.807, 2.05) is 37.3 Å². The minimum absolute atomic E-state index is 0.0354. The van der Waals surface area contributed by atoms with E-state index in [1.165, 1.54) is 12.1 Å². The molecule has 0 saturated heterocycles. The zero-order chi connectivity index (χ0) is 20.2. The summed E-state index contributed by atoms with van der Waals surface area (Å²) in [4.78, 5) is 12.8. The predicted octanol–water partition coefficient (Wildman–Crippen LogP) is 5.58. The molecule has 1 heterocycles. The van der Waals surface area contributed by atoms with Gasteiger partial charge in [0.05, 0.1) is 18.3 Å². The molecule has 3 aromatic carbocycles. The van der Waals surface area contributed by atoms with E-state index < -0.39 is 0 Å². The average molecular weight is 388 g/mol. The number of nitrogens with zero attached hydrogens (tertiary/aromatic N) is 1. The van der Waals surface area contributed by atoms with E-state index in [9.17, 15) is 9.18 Å². The van der Waals surface area contributed by atoms with Gasteiger partial charge in [0.1, 0.15) is 11.6 Å². The molecule has 0 aliphatic rings. The number of carbonyl (C=O) groups excluding carboxylic acids is 1. The summed E-state index contributed by atoms with van der Waals surface area (Å²) in [5.41, 5.74) is 4.11. The summed E-state index contributed by atoms with van der Waals surface area (Å²) in [6.07, 6.45) is 2.77. The number of fused-ring (bicyclic) bond motifs is 1. The Morgan fingerprint density at radius 2 is 1.97 bits per heavy atom. The van der Waals surface area contributed by atoms with Crippen molar-refractivity contribution in [3.63, 3.8) is 0 Å². The molecule has 4 aromatic rings. The van der Waals surface area contributed by atoms with Crippen LogP contribution in [0.1, 0.15) is 29.3 Å². The van der Waals surface area contributed by atoms with Gasteiger partial charge in [-0.05, 0) is 48.7 Å². The highest BCUT2D eigenvalue weighted by Crippen LogP contribution is 2.32. The Morgan fingerprint density at radius 3 is 2.79 bits per heavy atom. The number of nitrogens with one attached hydrogen (secondary N) is 1. The molecule has 0 spiro atoms. The fourth-order valence-corrected chi connectivity index (χ4v) is 3.50. The van der Waals surface area contributed by atoms with Crippen molar-refractivity contribution in [1.82, 2.24) is 10.2 Å². The Labute approximate surface area is 168 Å². The predicted molar refractivity (Wildman–Crippen MR) is 112 cm³/mol. The summed E-state index contributed by atoms with van der Waals surface area (Å²) in [5, 5.41) is 8.10. The minimum Gasteiger partial charge on any atom is -0.493 e. The maximum atomic E-state index is 13.6. The number of rotatable bonds is 7. The largest absolute Gasteiger partial charge is 0.493 e. The number of Topliss-reactive ketones (excluding diaryl/α,β-unsaturated/α-hetero) is 1. The summed E-state index contributed by atoms with van der Waals surface area (Å²) in [6, 6.07) is 17.7. The fourth-order valence-electron chi connectivity index (χ4n) is 3.50. The van der Waals surface area contributed by atoms with Crippen molar-refractivity contribution in [2.75, 3.05) is 6.61 Å². The number of H-pyrrole nitrogens is 1. The summed E-state index contributed by atoms with van der Waals surface area (Å²) in [6.45, 7) is 2.34. The van der Waals surface area contributed by atoms with E-state index in [-0.39, 0.29) is 11.6 Å². The molecule has 0 radical (unpaired) electrons. The van der Waals surface area contributed by atoms with Crippen LogP contribution < -0.4 is 4.74 Å². The van der Waals surface area contributed by atoms with Gasteiger partial charge in [-0.25, -0.2) is 4.39 Å². The highest BCUT2D eigenvalue weighted by molar-refractivity contribution is 5.97. The first-order chi connectivity index (χ1) is 14.2. The second-order valence-electron chi connectivity index (χ2n) is 6.83. The molecule has 0 aliphatic carbocycles. The van der Waals surface area contributed by atoms with Gasteiger partial charge in [-0.1, -0.05) is 36.4 Å². The monoisotopic (exact) mass is 388 g/mol. The summed E-state index contributed by atoms with van der Waals surface area (Å²) in [7, 11) is 0. The highest BCUT2D eigenvalue weighted by atomic mass is 19.1. The topological polar surface area (TPSA) is 55.0 Å². The van der Waals surface area contributed by atoms with Crippen LogP contribution in [0.2, 0.25) is 0 Å².